The molecule has 0 fully saturated rings. The Kier molecular flexibility index (Phi) is 6.31. The van der Waals surface area contributed by atoms with Crippen LogP contribution >= 0.6 is 0 Å². The molecule has 0 aromatic heterocycles. The van der Waals surface area contributed by atoms with Gasteiger partial charge in [0.15, 0.2) is 0 Å². The van der Waals surface area contributed by atoms with E-state index in [9.17, 15) is 4.79 Å². The summed E-state index contributed by atoms with van der Waals surface area (Å²) in [4.78, 5) is 12.0. The molecule has 2 aromatic carbocycles. The standard InChI is InChI=1S/C19H24N2O/c20-18(15-7-3-1-4-8-15)13-11-17(22)12-14-19(21)16-9-5-2-6-10-16/h1-10,18-19H,11-14,20-21H2. The second-order valence-corrected chi connectivity index (χ2v) is 5.65. The third-order valence-electron chi connectivity index (χ3n) is 3.92. The van der Waals surface area contributed by atoms with Crippen LogP contribution in [0.2, 0.25) is 0 Å². The fourth-order valence-corrected chi connectivity index (χ4v) is 2.49. The van der Waals surface area contributed by atoms with Gasteiger partial charge in [-0.25, -0.2) is 0 Å². The molecule has 3 nitrogen and oxygen atoms in total. The van der Waals surface area contributed by atoms with Crippen molar-refractivity contribution in [3.05, 3.63) is 71.8 Å². The second-order valence-electron chi connectivity index (χ2n) is 5.65. The van der Waals surface area contributed by atoms with Gasteiger partial charge in [-0.2, -0.15) is 0 Å². The molecule has 0 radical (unpaired) electrons. The molecule has 3 heteroatoms. The number of hydrogen-bond donors (Lipinski definition) is 2. The number of nitrogens with two attached hydrogens (primary N) is 2. The molecule has 2 atom stereocenters. The monoisotopic (exact) mass is 296 g/mol. The van der Waals surface area contributed by atoms with Crippen molar-refractivity contribution in [2.75, 3.05) is 0 Å². The third kappa shape index (κ3) is 5.10. The van der Waals surface area contributed by atoms with Crippen molar-refractivity contribution in [2.45, 2.75) is 37.8 Å². The Hall–Kier alpha value is -1.97. The summed E-state index contributed by atoms with van der Waals surface area (Å²) in [7, 11) is 0. The highest BCUT2D eigenvalue weighted by Crippen LogP contribution is 2.19. The van der Waals surface area contributed by atoms with Crippen molar-refractivity contribution in [1.29, 1.82) is 0 Å². The minimum atomic E-state index is -0.0760. The molecule has 4 N–H and O–H groups in total. The Morgan fingerprint density at radius 2 is 1.09 bits per heavy atom. The summed E-state index contributed by atoms with van der Waals surface area (Å²) in [6.07, 6.45) is 2.39. The molecule has 0 spiro atoms. The summed E-state index contributed by atoms with van der Waals surface area (Å²) < 4.78 is 0. The Labute approximate surface area is 132 Å². The first kappa shape index (κ1) is 16.4. The minimum Gasteiger partial charge on any atom is -0.324 e. The van der Waals surface area contributed by atoms with Crippen molar-refractivity contribution in [1.82, 2.24) is 0 Å². The summed E-state index contributed by atoms with van der Waals surface area (Å²) in [5.74, 6) is 0.234. The van der Waals surface area contributed by atoms with Gasteiger partial charge in [0, 0.05) is 24.9 Å². The smallest absolute Gasteiger partial charge is 0.133 e. The van der Waals surface area contributed by atoms with Gasteiger partial charge in [-0.1, -0.05) is 60.7 Å². The van der Waals surface area contributed by atoms with Crippen molar-refractivity contribution in [3.8, 4) is 0 Å². The number of rotatable bonds is 8. The maximum Gasteiger partial charge on any atom is 0.133 e. The zero-order chi connectivity index (χ0) is 15.8. The molecule has 0 aliphatic rings. The first-order chi connectivity index (χ1) is 10.7. The van der Waals surface area contributed by atoms with Crippen LogP contribution < -0.4 is 11.5 Å². The lowest BCUT2D eigenvalue weighted by Gasteiger charge is -2.13. The minimum absolute atomic E-state index is 0.0760. The highest BCUT2D eigenvalue weighted by atomic mass is 16.1. The number of ketones is 1. The van der Waals surface area contributed by atoms with Gasteiger partial charge < -0.3 is 11.5 Å². The van der Waals surface area contributed by atoms with Crippen LogP contribution in [-0.2, 0) is 4.79 Å². The third-order valence-corrected chi connectivity index (χ3v) is 3.92. The molecule has 116 valence electrons. The second kappa shape index (κ2) is 8.47. The first-order valence-electron chi connectivity index (χ1n) is 7.79. The number of carbonyl (C=O) groups excluding carboxylic acids is 1. The van der Waals surface area contributed by atoms with Crippen LogP contribution in [0.15, 0.2) is 60.7 Å². The van der Waals surface area contributed by atoms with Crippen LogP contribution in [0.3, 0.4) is 0 Å². The Bertz CT molecular complexity index is 517. The predicted molar refractivity (Wildman–Crippen MR) is 90.2 cm³/mol. The Balaban J connectivity index is 1.72. The predicted octanol–water partition coefficient (Wildman–Crippen LogP) is 3.52. The molecule has 0 heterocycles. The molecule has 2 unspecified atom stereocenters. The molecule has 2 rings (SSSR count). The van der Waals surface area contributed by atoms with E-state index in [0.29, 0.717) is 25.7 Å². The van der Waals surface area contributed by atoms with Crippen molar-refractivity contribution >= 4 is 5.78 Å². The number of carbonyl (C=O) groups is 1. The largest absolute Gasteiger partial charge is 0.324 e. The molecule has 0 aliphatic heterocycles. The molecular weight excluding hydrogens is 272 g/mol. The van der Waals surface area contributed by atoms with Gasteiger partial charge in [0.05, 0.1) is 0 Å². The fourth-order valence-electron chi connectivity index (χ4n) is 2.49. The molecule has 0 bridgehead atoms. The summed E-state index contributed by atoms with van der Waals surface area (Å²) in [5, 5.41) is 0. The highest BCUT2D eigenvalue weighted by Gasteiger charge is 2.11. The SMILES string of the molecule is NC(CCC(=O)CCC(N)c1ccccc1)c1ccccc1. The number of Topliss-reactive ketones (excluding diaryl/α,β-unsaturated/α-hetero) is 1. The molecule has 0 saturated heterocycles. The zero-order valence-electron chi connectivity index (χ0n) is 12.8. The normalized spacial score (nSPS) is 13.5. The Morgan fingerprint density at radius 3 is 1.45 bits per heavy atom. The van der Waals surface area contributed by atoms with Crippen LogP contribution in [0.1, 0.15) is 48.9 Å². The molecule has 0 saturated carbocycles. The lowest BCUT2D eigenvalue weighted by atomic mass is 9.97. The maximum atomic E-state index is 12.0. The lowest BCUT2D eigenvalue weighted by molar-refractivity contribution is -0.119. The molecule has 2 aromatic rings. The van der Waals surface area contributed by atoms with Crippen LogP contribution in [-0.4, -0.2) is 5.78 Å². The van der Waals surface area contributed by atoms with Crippen LogP contribution in [0.25, 0.3) is 0 Å². The van der Waals surface area contributed by atoms with Crippen LogP contribution in [0.5, 0.6) is 0 Å². The molecule has 22 heavy (non-hydrogen) atoms. The lowest BCUT2D eigenvalue weighted by Crippen LogP contribution is -2.14. The summed E-state index contributed by atoms with van der Waals surface area (Å²) in [6, 6.07) is 19.7. The van der Waals surface area contributed by atoms with E-state index >= 15 is 0 Å². The van der Waals surface area contributed by atoms with Crippen molar-refractivity contribution < 1.29 is 4.79 Å². The number of hydrogen-bond acceptors (Lipinski definition) is 3. The fraction of sp³-hybridized carbons (Fsp3) is 0.316. The summed E-state index contributed by atoms with van der Waals surface area (Å²) in [6.45, 7) is 0. The molecule has 0 amide bonds. The zero-order valence-corrected chi connectivity index (χ0v) is 12.8. The van der Waals surface area contributed by atoms with Gasteiger partial charge in [-0.15, -0.1) is 0 Å². The van der Waals surface area contributed by atoms with Crippen molar-refractivity contribution in [3.63, 3.8) is 0 Å². The van der Waals surface area contributed by atoms with E-state index in [4.69, 9.17) is 11.5 Å². The average molecular weight is 296 g/mol. The summed E-state index contributed by atoms with van der Waals surface area (Å²) in [5.41, 5.74) is 14.4. The van der Waals surface area contributed by atoms with Crippen molar-refractivity contribution in [2.24, 2.45) is 11.5 Å². The van der Waals surface area contributed by atoms with E-state index in [-0.39, 0.29) is 17.9 Å². The van der Waals surface area contributed by atoms with Crippen LogP contribution in [0.4, 0.5) is 0 Å². The van der Waals surface area contributed by atoms with E-state index in [1.165, 1.54) is 0 Å². The highest BCUT2D eigenvalue weighted by molar-refractivity contribution is 5.78. The van der Waals surface area contributed by atoms with Gasteiger partial charge in [-0.05, 0) is 24.0 Å². The number of benzene rings is 2. The summed E-state index contributed by atoms with van der Waals surface area (Å²) >= 11 is 0. The topological polar surface area (TPSA) is 69.1 Å². The quantitative estimate of drug-likeness (QED) is 0.783. The van der Waals surface area contributed by atoms with Gasteiger partial charge in [0.1, 0.15) is 5.78 Å². The molecular formula is C19H24N2O. The first-order valence-corrected chi connectivity index (χ1v) is 7.79. The van der Waals surface area contributed by atoms with E-state index in [0.717, 1.165) is 11.1 Å². The van der Waals surface area contributed by atoms with E-state index in [2.05, 4.69) is 0 Å². The van der Waals surface area contributed by atoms with Gasteiger partial charge in [-0.3, -0.25) is 4.79 Å². The van der Waals surface area contributed by atoms with E-state index in [1.54, 1.807) is 0 Å². The van der Waals surface area contributed by atoms with E-state index in [1.807, 2.05) is 60.7 Å². The van der Waals surface area contributed by atoms with Gasteiger partial charge in [0.25, 0.3) is 0 Å². The van der Waals surface area contributed by atoms with Gasteiger partial charge in [0.2, 0.25) is 0 Å². The maximum absolute atomic E-state index is 12.0. The molecule has 0 aliphatic carbocycles. The van der Waals surface area contributed by atoms with E-state index < -0.39 is 0 Å². The Morgan fingerprint density at radius 1 is 0.727 bits per heavy atom. The average Bonchev–Trinajstić information content (AvgIpc) is 2.59. The van der Waals surface area contributed by atoms with Crippen LogP contribution in [0, 0.1) is 0 Å². The van der Waals surface area contributed by atoms with Gasteiger partial charge >= 0.3 is 0 Å².